The molecule has 0 aliphatic carbocycles. The van der Waals surface area contributed by atoms with Crippen molar-refractivity contribution in [1.29, 1.82) is 0 Å². The highest BCUT2D eigenvalue weighted by Gasteiger charge is 2.34. The molecule has 3 nitrogen and oxygen atoms in total. The fourth-order valence-corrected chi connectivity index (χ4v) is 2.58. The first-order valence-electron chi connectivity index (χ1n) is 6.86. The van der Waals surface area contributed by atoms with Gasteiger partial charge in [0, 0.05) is 5.92 Å². The Hall–Kier alpha value is -2.55. The van der Waals surface area contributed by atoms with Gasteiger partial charge in [-0.1, -0.05) is 60.7 Å². The summed E-state index contributed by atoms with van der Waals surface area (Å²) in [5, 5.41) is 0. The number of methoxy groups -OCH3 is 1. The summed E-state index contributed by atoms with van der Waals surface area (Å²) in [5.74, 6) is -0.155. The molecule has 1 aliphatic heterocycles. The standard InChI is InChI=1S/C18H16O3/c1-20-18(19)16-12-15(13-8-4-2-5-9-13)17(21-16)14-10-6-3-7-11-14/h2-12,15,17H,1H3/t15-,17+/m0/s1. The predicted molar refractivity (Wildman–Crippen MR) is 79.6 cm³/mol. The van der Waals surface area contributed by atoms with Crippen molar-refractivity contribution in [2.45, 2.75) is 12.0 Å². The van der Waals surface area contributed by atoms with Crippen LogP contribution < -0.4 is 0 Å². The molecule has 0 saturated heterocycles. The van der Waals surface area contributed by atoms with E-state index in [1.54, 1.807) is 0 Å². The number of esters is 1. The fraction of sp³-hybridized carbons (Fsp3) is 0.167. The summed E-state index contributed by atoms with van der Waals surface area (Å²) < 4.78 is 10.6. The van der Waals surface area contributed by atoms with Gasteiger partial charge in [-0.25, -0.2) is 4.79 Å². The van der Waals surface area contributed by atoms with Gasteiger partial charge in [0.25, 0.3) is 0 Å². The van der Waals surface area contributed by atoms with Crippen LogP contribution in [0.4, 0.5) is 0 Å². The Morgan fingerprint density at radius 3 is 2.10 bits per heavy atom. The van der Waals surface area contributed by atoms with Gasteiger partial charge < -0.3 is 9.47 Å². The van der Waals surface area contributed by atoms with Gasteiger partial charge in [-0.2, -0.15) is 0 Å². The van der Waals surface area contributed by atoms with Gasteiger partial charge in [0.2, 0.25) is 5.76 Å². The number of benzene rings is 2. The monoisotopic (exact) mass is 280 g/mol. The third-order valence-corrected chi connectivity index (χ3v) is 3.61. The maximum atomic E-state index is 11.8. The number of rotatable bonds is 3. The van der Waals surface area contributed by atoms with E-state index in [9.17, 15) is 4.79 Å². The molecule has 0 unspecified atom stereocenters. The van der Waals surface area contributed by atoms with Crippen LogP contribution in [0.2, 0.25) is 0 Å². The lowest BCUT2D eigenvalue weighted by atomic mass is 9.90. The zero-order valence-electron chi connectivity index (χ0n) is 11.7. The molecule has 1 aliphatic rings. The van der Waals surface area contributed by atoms with E-state index in [1.165, 1.54) is 7.11 Å². The minimum Gasteiger partial charge on any atom is -0.478 e. The van der Waals surface area contributed by atoms with Gasteiger partial charge in [0.15, 0.2) is 0 Å². The number of carbonyl (C=O) groups excluding carboxylic acids is 1. The van der Waals surface area contributed by atoms with Crippen LogP contribution in [0.15, 0.2) is 72.5 Å². The zero-order valence-corrected chi connectivity index (χ0v) is 11.7. The van der Waals surface area contributed by atoms with Crippen LogP contribution in [0.3, 0.4) is 0 Å². The molecule has 0 N–H and O–H groups in total. The Labute approximate surface area is 123 Å². The van der Waals surface area contributed by atoms with Crippen LogP contribution in [-0.4, -0.2) is 13.1 Å². The minimum absolute atomic E-state index is 0.00250. The molecule has 2 atom stereocenters. The smallest absolute Gasteiger partial charge is 0.373 e. The first kappa shape index (κ1) is 13.4. The lowest BCUT2D eigenvalue weighted by Gasteiger charge is -2.19. The van der Waals surface area contributed by atoms with Crippen LogP contribution in [0, 0.1) is 0 Å². The summed E-state index contributed by atoms with van der Waals surface area (Å²) in [6.45, 7) is 0. The molecule has 2 aromatic carbocycles. The van der Waals surface area contributed by atoms with Gasteiger partial charge >= 0.3 is 5.97 Å². The van der Waals surface area contributed by atoms with E-state index in [0.717, 1.165) is 11.1 Å². The number of hydrogen-bond donors (Lipinski definition) is 0. The normalized spacial score (nSPS) is 20.5. The molecule has 0 fully saturated rings. The molecule has 106 valence electrons. The van der Waals surface area contributed by atoms with E-state index in [-0.39, 0.29) is 17.8 Å². The Balaban J connectivity index is 1.98. The van der Waals surface area contributed by atoms with Crippen molar-refractivity contribution in [1.82, 2.24) is 0 Å². The second-order valence-electron chi connectivity index (χ2n) is 4.91. The molecule has 3 rings (SSSR count). The van der Waals surface area contributed by atoms with Gasteiger partial charge in [0.1, 0.15) is 6.10 Å². The molecule has 0 bridgehead atoms. The highest BCUT2D eigenvalue weighted by atomic mass is 16.6. The largest absolute Gasteiger partial charge is 0.478 e. The molecule has 2 aromatic rings. The Kier molecular flexibility index (Phi) is 3.73. The van der Waals surface area contributed by atoms with E-state index in [4.69, 9.17) is 9.47 Å². The molecule has 0 radical (unpaired) electrons. The highest BCUT2D eigenvalue weighted by molar-refractivity contribution is 5.87. The second kappa shape index (κ2) is 5.83. The molecule has 21 heavy (non-hydrogen) atoms. The summed E-state index contributed by atoms with van der Waals surface area (Å²) in [4.78, 5) is 11.8. The summed E-state index contributed by atoms with van der Waals surface area (Å²) in [6, 6.07) is 20.0. The maximum absolute atomic E-state index is 11.8. The first-order valence-corrected chi connectivity index (χ1v) is 6.86. The topological polar surface area (TPSA) is 35.5 Å². The van der Waals surface area contributed by atoms with E-state index < -0.39 is 5.97 Å². The van der Waals surface area contributed by atoms with Crippen molar-refractivity contribution < 1.29 is 14.3 Å². The molecule has 0 aromatic heterocycles. The number of ether oxygens (including phenoxy) is 2. The highest BCUT2D eigenvalue weighted by Crippen LogP contribution is 2.42. The van der Waals surface area contributed by atoms with Gasteiger partial charge in [-0.3, -0.25) is 0 Å². The third-order valence-electron chi connectivity index (χ3n) is 3.61. The summed E-state index contributed by atoms with van der Waals surface area (Å²) in [7, 11) is 1.36. The molecular formula is C18H16O3. The third kappa shape index (κ3) is 2.68. The van der Waals surface area contributed by atoms with Gasteiger partial charge in [-0.15, -0.1) is 0 Å². The Morgan fingerprint density at radius 1 is 0.952 bits per heavy atom. The van der Waals surface area contributed by atoms with E-state index in [1.807, 2.05) is 66.7 Å². The first-order chi connectivity index (χ1) is 10.3. The van der Waals surface area contributed by atoms with Crippen molar-refractivity contribution in [2.24, 2.45) is 0 Å². The summed E-state index contributed by atoms with van der Waals surface area (Å²) in [5.41, 5.74) is 2.16. The van der Waals surface area contributed by atoms with E-state index in [2.05, 4.69) is 0 Å². The van der Waals surface area contributed by atoms with Crippen LogP contribution in [0.25, 0.3) is 0 Å². The van der Waals surface area contributed by atoms with E-state index in [0.29, 0.717) is 0 Å². The van der Waals surface area contributed by atoms with Crippen molar-refractivity contribution >= 4 is 5.97 Å². The van der Waals surface area contributed by atoms with Crippen molar-refractivity contribution in [3.8, 4) is 0 Å². The van der Waals surface area contributed by atoms with Gasteiger partial charge in [0.05, 0.1) is 7.11 Å². The second-order valence-corrected chi connectivity index (χ2v) is 4.91. The lowest BCUT2D eigenvalue weighted by molar-refractivity contribution is -0.140. The SMILES string of the molecule is COC(=O)C1=C[C@@H](c2ccccc2)[C@@H](c2ccccc2)O1. The average Bonchev–Trinajstić information content (AvgIpc) is 3.01. The molecule has 0 saturated carbocycles. The van der Waals surface area contributed by atoms with Crippen LogP contribution in [0.1, 0.15) is 23.1 Å². The van der Waals surface area contributed by atoms with Crippen molar-refractivity contribution in [3.05, 3.63) is 83.6 Å². The quantitative estimate of drug-likeness (QED) is 0.806. The zero-order chi connectivity index (χ0) is 14.7. The Morgan fingerprint density at radius 2 is 1.52 bits per heavy atom. The summed E-state index contributed by atoms with van der Waals surface area (Å²) in [6.07, 6.45) is 1.64. The molecule has 1 heterocycles. The van der Waals surface area contributed by atoms with Crippen LogP contribution in [-0.2, 0) is 14.3 Å². The number of hydrogen-bond acceptors (Lipinski definition) is 3. The van der Waals surface area contributed by atoms with E-state index >= 15 is 0 Å². The molecule has 0 spiro atoms. The Bertz CT molecular complexity index is 647. The molecule has 3 heteroatoms. The van der Waals surface area contributed by atoms with Crippen molar-refractivity contribution in [2.75, 3.05) is 7.11 Å². The minimum atomic E-state index is -0.436. The number of carbonyl (C=O) groups is 1. The van der Waals surface area contributed by atoms with Gasteiger partial charge in [-0.05, 0) is 17.2 Å². The van der Waals surface area contributed by atoms with Crippen LogP contribution in [0.5, 0.6) is 0 Å². The maximum Gasteiger partial charge on any atom is 0.373 e. The predicted octanol–water partition coefficient (Wildman–Crippen LogP) is 3.60. The lowest BCUT2D eigenvalue weighted by Crippen LogP contribution is -2.09. The van der Waals surface area contributed by atoms with Crippen LogP contribution >= 0.6 is 0 Å². The molecule has 0 amide bonds. The molecular weight excluding hydrogens is 264 g/mol. The van der Waals surface area contributed by atoms with Crippen molar-refractivity contribution in [3.63, 3.8) is 0 Å². The average molecular weight is 280 g/mol. The summed E-state index contributed by atoms with van der Waals surface area (Å²) >= 11 is 0. The fourth-order valence-electron chi connectivity index (χ4n) is 2.58.